The van der Waals surface area contributed by atoms with Gasteiger partial charge in [-0.25, -0.2) is 4.98 Å². The average molecular weight is 333 g/mol. The Hall–Kier alpha value is -1.96. The summed E-state index contributed by atoms with van der Waals surface area (Å²) in [6, 6.07) is 1.91. The van der Waals surface area contributed by atoms with Crippen LogP contribution in [0.3, 0.4) is 0 Å². The van der Waals surface area contributed by atoms with Gasteiger partial charge in [-0.3, -0.25) is 9.59 Å². The molecule has 1 saturated heterocycles. The second-order valence-corrected chi connectivity index (χ2v) is 7.29. The van der Waals surface area contributed by atoms with Crippen molar-refractivity contribution in [3.8, 4) is 0 Å². The smallest absolute Gasteiger partial charge is 0.275 e. The summed E-state index contributed by atoms with van der Waals surface area (Å²) in [5.41, 5.74) is 0.564. The predicted octanol–water partition coefficient (Wildman–Crippen LogP) is 0.954. The van der Waals surface area contributed by atoms with Gasteiger partial charge in [-0.1, -0.05) is 11.3 Å². The van der Waals surface area contributed by atoms with Crippen LogP contribution in [-0.2, 0) is 4.79 Å². The number of hydrogen-bond donors (Lipinski definition) is 1. The van der Waals surface area contributed by atoms with Crippen LogP contribution in [0.2, 0.25) is 0 Å². The Labute approximate surface area is 137 Å². The fraction of sp³-hybridized carbons (Fsp3) is 0.600. The zero-order chi connectivity index (χ0) is 16.0. The third-order valence-electron chi connectivity index (χ3n) is 4.42. The van der Waals surface area contributed by atoms with Crippen molar-refractivity contribution in [2.75, 3.05) is 18.0 Å². The zero-order valence-electron chi connectivity index (χ0n) is 13.0. The molecule has 0 spiro atoms. The van der Waals surface area contributed by atoms with Crippen molar-refractivity contribution >= 4 is 27.3 Å². The SMILES string of the molecule is Cc1cc(=O)n2nc(N3CCC(C(=O)NC4CC4)CC3)sc2n1. The minimum absolute atomic E-state index is 0.101. The van der Waals surface area contributed by atoms with Gasteiger partial charge in [0.25, 0.3) is 5.56 Å². The molecule has 2 aromatic heterocycles. The number of rotatable bonds is 3. The summed E-state index contributed by atoms with van der Waals surface area (Å²) in [5, 5.41) is 8.29. The van der Waals surface area contributed by atoms with E-state index in [1.807, 2.05) is 6.92 Å². The summed E-state index contributed by atoms with van der Waals surface area (Å²) in [5.74, 6) is 0.300. The number of anilines is 1. The molecule has 1 aliphatic carbocycles. The van der Waals surface area contributed by atoms with Crippen LogP contribution in [0.1, 0.15) is 31.4 Å². The number of aryl methyl sites for hydroxylation is 1. The van der Waals surface area contributed by atoms with E-state index in [0.717, 1.165) is 43.9 Å². The maximum absolute atomic E-state index is 12.1. The summed E-state index contributed by atoms with van der Waals surface area (Å²) >= 11 is 1.43. The van der Waals surface area contributed by atoms with E-state index in [-0.39, 0.29) is 17.4 Å². The molecule has 2 aliphatic rings. The lowest BCUT2D eigenvalue weighted by molar-refractivity contribution is -0.125. The number of nitrogens with zero attached hydrogens (tertiary/aromatic N) is 4. The third-order valence-corrected chi connectivity index (χ3v) is 5.39. The van der Waals surface area contributed by atoms with Crippen LogP contribution in [0.5, 0.6) is 0 Å². The lowest BCUT2D eigenvalue weighted by Gasteiger charge is -2.30. The number of nitrogens with one attached hydrogen (secondary N) is 1. The maximum atomic E-state index is 12.1. The highest BCUT2D eigenvalue weighted by atomic mass is 32.1. The minimum atomic E-state index is -0.145. The fourth-order valence-corrected chi connectivity index (χ4v) is 3.92. The zero-order valence-corrected chi connectivity index (χ0v) is 13.8. The molecule has 1 N–H and O–H groups in total. The monoisotopic (exact) mass is 333 g/mol. The Balaban J connectivity index is 1.46. The largest absolute Gasteiger partial charge is 0.353 e. The topological polar surface area (TPSA) is 79.6 Å². The van der Waals surface area contributed by atoms with Gasteiger partial charge in [0, 0.05) is 36.8 Å². The van der Waals surface area contributed by atoms with Gasteiger partial charge in [-0.15, -0.1) is 5.10 Å². The molecule has 0 unspecified atom stereocenters. The van der Waals surface area contributed by atoms with Crippen LogP contribution >= 0.6 is 11.3 Å². The molecule has 122 valence electrons. The van der Waals surface area contributed by atoms with Crippen molar-refractivity contribution in [2.45, 2.75) is 38.6 Å². The van der Waals surface area contributed by atoms with Crippen LogP contribution in [0.15, 0.2) is 10.9 Å². The first-order valence-corrected chi connectivity index (χ1v) is 8.84. The lowest BCUT2D eigenvalue weighted by atomic mass is 9.96. The maximum Gasteiger partial charge on any atom is 0.275 e. The van der Waals surface area contributed by atoms with Crippen LogP contribution in [0.4, 0.5) is 5.13 Å². The van der Waals surface area contributed by atoms with Crippen molar-refractivity contribution in [3.05, 3.63) is 22.1 Å². The molecule has 1 amide bonds. The Morgan fingerprint density at radius 3 is 2.74 bits per heavy atom. The predicted molar refractivity (Wildman–Crippen MR) is 88.0 cm³/mol. The van der Waals surface area contributed by atoms with Gasteiger partial charge in [0.15, 0.2) is 0 Å². The first kappa shape index (κ1) is 14.6. The van der Waals surface area contributed by atoms with E-state index in [4.69, 9.17) is 0 Å². The Kier molecular flexibility index (Phi) is 3.56. The fourth-order valence-electron chi connectivity index (χ4n) is 2.92. The van der Waals surface area contributed by atoms with Crippen LogP contribution < -0.4 is 15.8 Å². The van der Waals surface area contributed by atoms with Crippen molar-refractivity contribution in [1.82, 2.24) is 19.9 Å². The number of carbonyl (C=O) groups is 1. The van der Waals surface area contributed by atoms with E-state index in [1.54, 1.807) is 0 Å². The van der Waals surface area contributed by atoms with Crippen molar-refractivity contribution in [3.63, 3.8) is 0 Å². The molecule has 1 aliphatic heterocycles. The summed E-state index contributed by atoms with van der Waals surface area (Å²) in [7, 11) is 0. The van der Waals surface area contributed by atoms with Gasteiger partial charge >= 0.3 is 0 Å². The van der Waals surface area contributed by atoms with Gasteiger partial charge in [0.2, 0.25) is 16.0 Å². The summed E-state index contributed by atoms with van der Waals surface area (Å²) < 4.78 is 1.36. The molecule has 0 atom stereocenters. The molecule has 0 radical (unpaired) electrons. The Morgan fingerprint density at radius 1 is 1.30 bits per heavy atom. The average Bonchev–Trinajstić information content (AvgIpc) is 3.23. The highest BCUT2D eigenvalue weighted by molar-refractivity contribution is 7.20. The lowest BCUT2D eigenvalue weighted by Crippen LogP contribution is -2.41. The van der Waals surface area contributed by atoms with Crippen LogP contribution in [0, 0.1) is 12.8 Å². The highest BCUT2D eigenvalue weighted by Crippen LogP contribution is 2.27. The molecule has 8 heteroatoms. The standard InChI is InChI=1S/C15H19N5O2S/c1-9-8-12(21)20-14(16-9)23-15(18-20)19-6-4-10(5-7-19)13(22)17-11-2-3-11/h8,10-11H,2-7H2,1H3,(H,17,22). The van der Waals surface area contributed by atoms with E-state index in [1.165, 1.54) is 21.9 Å². The number of aromatic nitrogens is 3. The van der Waals surface area contributed by atoms with E-state index < -0.39 is 0 Å². The molecule has 7 nitrogen and oxygen atoms in total. The number of carbonyl (C=O) groups excluding carboxylic acids is 1. The molecule has 23 heavy (non-hydrogen) atoms. The minimum Gasteiger partial charge on any atom is -0.353 e. The molecule has 2 aromatic rings. The highest BCUT2D eigenvalue weighted by Gasteiger charge is 2.30. The second-order valence-electron chi connectivity index (χ2n) is 6.36. The molecular formula is C15H19N5O2S. The molecule has 1 saturated carbocycles. The van der Waals surface area contributed by atoms with E-state index in [0.29, 0.717) is 16.7 Å². The van der Waals surface area contributed by atoms with Crippen LogP contribution in [-0.4, -0.2) is 39.6 Å². The second kappa shape index (κ2) is 5.59. The van der Waals surface area contributed by atoms with E-state index >= 15 is 0 Å². The third kappa shape index (κ3) is 2.95. The number of fused-ring (bicyclic) bond motifs is 1. The number of hydrogen-bond acceptors (Lipinski definition) is 6. The van der Waals surface area contributed by atoms with Gasteiger partial charge in [0.05, 0.1) is 0 Å². The first-order chi connectivity index (χ1) is 11.1. The molecule has 0 bridgehead atoms. The van der Waals surface area contributed by atoms with Gasteiger partial charge in [-0.2, -0.15) is 4.52 Å². The summed E-state index contributed by atoms with van der Waals surface area (Å²) in [6.45, 7) is 3.39. The molecule has 3 heterocycles. The summed E-state index contributed by atoms with van der Waals surface area (Å²) in [6.07, 6.45) is 3.90. The van der Waals surface area contributed by atoms with Crippen molar-refractivity contribution in [2.24, 2.45) is 5.92 Å². The van der Waals surface area contributed by atoms with Gasteiger partial charge in [-0.05, 0) is 32.6 Å². The first-order valence-electron chi connectivity index (χ1n) is 8.03. The van der Waals surface area contributed by atoms with E-state index in [2.05, 4.69) is 20.3 Å². The van der Waals surface area contributed by atoms with Crippen LogP contribution in [0.25, 0.3) is 4.96 Å². The van der Waals surface area contributed by atoms with Gasteiger partial charge < -0.3 is 10.2 Å². The van der Waals surface area contributed by atoms with E-state index in [9.17, 15) is 9.59 Å². The normalized spacial score (nSPS) is 19.3. The molecule has 0 aromatic carbocycles. The summed E-state index contributed by atoms with van der Waals surface area (Å²) in [4.78, 5) is 31.2. The molecular weight excluding hydrogens is 314 g/mol. The Morgan fingerprint density at radius 2 is 2.04 bits per heavy atom. The quantitative estimate of drug-likeness (QED) is 0.905. The Bertz CT molecular complexity index is 802. The number of amides is 1. The van der Waals surface area contributed by atoms with Crippen molar-refractivity contribution in [1.29, 1.82) is 0 Å². The van der Waals surface area contributed by atoms with Gasteiger partial charge in [0.1, 0.15) is 0 Å². The van der Waals surface area contributed by atoms with Crippen molar-refractivity contribution < 1.29 is 4.79 Å². The molecule has 2 fully saturated rings. The number of piperidine rings is 1. The molecule has 4 rings (SSSR count).